The van der Waals surface area contributed by atoms with Crippen LogP contribution in [0.1, 0.15) is 23.1 Å². The van der Waals surface area contributed by atoms with Gasteiger partial charge in [0.1, 0.15) is 13.2 Å². The van der Waals surface area contributed by atoms with E-state index in [1.807, 2.05) is 67.6 Å². The third kappa shape index (κ3) is 12.5. The van der Waals surface area contributed by atoms with Gasteiger partial charge >= 0.3 is 12.1 Å². The minimum atomic E-state index is -4.02. The van der Waals surface area contributed by atoms with Crippen LogP contribution in [0.15, 0.2) is 89.8 Å². The van der Waals surface area contributed by atoms with Crippen LogP contribution in [-0.4, -0.2) is 44.4 Å². The van der Waals surface area contributed by atoms with Crippen LogP contribution in [0, 0.1) is 6.92 Å². The quantitative estimate of drug-likeness (QED) is 0.142. The number of amides is 1. The van der Waals surface area contributed by atoms with Crippen LogP contribution in [-0.2, 0) is 42.3 Å². The summed E-state index contributed by atoms with van der Waals surface area (Å²) in [5.74, 6) is -0.630. The zero-order valence-corrected chi connectivity index (χ0v) is 21.8. The first kappa shape index (κ1) is 30.5. The summed E-state index contributed by atoms with van der Waals surface area (Å²) in [5.41, 5.74) is 8.37. The van der Waals surface area contributed by atoms with Crippen LogP contribution in [0.4, 0.5) is 4.79 Å². The Hall–Kier alpha value is -3.77. The summed E-state index contributed by atoms with van der Waals surface area (Å²) < 4.78 is 44.9. The number of aryl methyl sites for hydroxylation is 1. The third-order valence-corrected chi connectivity index (χ3v) is 5.74. The maximum absolute atomic E-state index is 11.7. The predicted molar refractivity (Wildman–Crippen MR) is 140 cm³/mol. The van der Waals surface area contributed by atoms with Gasteiger partial charge in [0.05, 0.1) is 11.5 Å². The van der Waals surface area contributed by atoms with Gasteiger partial charge in [-0.3, -0.25) is 10.3 Å². The van der Waals surface area contributed by atoms with Crippen LogP contribution in [0.5, 0.6) is 0 Å². The number of alkyl carbamates (subject to hydrolysis) is 1. The second-order valence-corrected chi connectivity index (χ2v) is 9.44. The van der Waals surface area contributed by atoms with Gasteiger partial charge in [0.2, 0.25) is 6.23 Å². The molecule has 0 aliphatic carbocycles. The minimum absolute atomic E-state index is 0.0666. The van der Waals surface area contributed by atoms with E-state index < -0.39 is 28.4 Å². The lowest BCUT2D eigenvalue weighted by Crippen LogP contribution is -2.36. The van der Waals surface area contributed by atoms with Gasteiger partial charge in [0, 0.05) is 6.54 Å². The maximum atomic E-state index is 11.7. The minimum Gasteiger partial charge on any atom is -0.458 e. The van der Waals surface area contributed by atoms with Crippen molar-refractivity contribution in [3.05, 3.63) is 102 Å². The van der Waals surface area contributed by atoms with Gasteiger partial charge in [-0.25, -0.2) is 9.59 Å². The van der Waals surface area contributed by atoms with E-state index in [-0.39, 0.29) is 24.7 Å². The molecule has 0 saturated carbocycles. The second kappa shape index (κ2) is 16.2. The van der Waals surface area contributed by atoms with Crippen LogP contribution >= 0.6 is 0 Å². The number of hydrogen-bond donors (Lipinski definition) is 3. The summed E-state index contributed by atoms with van der Waals surface area (Å²) >= 11 is 0. The van der Waals surface area contributed by atoms with Gasteiger partial charge in [-0.15, -0.1) is 0 Å². The van der Waals surface area contributed by atoms with Crippen LogP contribution in [0.3, 0.4) is 0 Å². The molecule has 0 saturated heterocycles. The van der Waals surface area contributed by atoms with E-state index in [9.17, 15) is 18.0 Å². The highest BCUT2D eigenvalue weighted by atomic mass is 32.2. The number of nitrogens with two attached hydrogens (primary N) is 1. The van der Waals surface area contributed by atoms with E-state index in [0.717, 1.165) is 16.7 Å². The van der Waals surface area contributed by atoms with E-state index in [2.05, 4.69) is 5.32 Å². The molecular formula is C27H32N2O8S. The summed E-state index contributed by atoms with van der Waals surface area (Å²) in [7, 11) is -4.02. The Morgan fingerprint density at radius 2 is 1.39 bits per heavy atom. The van der Waals surface area contributed by atoms with Crippen molar-refractivity contribution in [3.8, 4) is 0 Å². The molecule has 0 aliphatic rings. The molecule has 4 N–H and O–H groups in total. The monoisotopic (exact) mass is 544 g/mol. The van der Waals surface area contributed by atoms with Crippen LogP contribution in [0.2, 0.25) is 0 Å². The summed E-state index contributed by atoms with van der Waals surface area (Å²) in [6, 6.07) is 24.7. The zero-order chi connectivity index (χ0) is 27.8. The molecule has 204 valence electrons. The van der Waals surface area contributed by atoms with E-state index in [0.29, 0.717) is 13.0 Å². The van der Waals surface area contributed by atoms with Gasteiger partial charge in [0.15, 0.2) is 0 Å². The number of carbonyl (C=O) groups is 2. The molecule has 0 aromatic heterocycles. The van der Waals surface area contributed by atoms with E-state index in [4.69, 9.17) is 24.5 Å². The molecule has 10 nitrogen and oxygen atoms in total. The average molecular weight is 545 g/mol. The second-order valence-electron chi connectivity index (χ2n) is 8.01. The highest BCUT2D eigenvalue weighted by Crippen LogP contribution is 2.08. The smallest absolute Gasteiger partial charge is 0.407 e. The summed E-state index contributed by atoms with van der Waals surface area (Å²) in [4.78, 5) is 23.2. The number of carbonyl (C=O) groups excluding carboxylic acids is 2. The third-order valence-electron chi connectivity index (χ3n) is 4.88. The van der Waals surface area contributed by atoms with Crippen molar-refractivity contribution in [2.75, 3.05) is 13.2 Å². The standard InChI is InChI=1S/C20H24N2O5.C7H8O3S/c21-18(19(23)26-14-16-8-3-1-4-9-16)25-13-7-12-22-20(24)27-15-17-10-5-2-6-11-17;1-6-2-4-7(5-3-6)11(8,9)10/h1-6,8-11,18H,7,12-15,21H2,(H,22,24);2-5H,1H3,(H,8,9,10)/t18-;/m0./s1. The topological polar surface area (TPSA) is 154 Å². The fourth-order valence-electron chi connectivity index (χ4n) is 2.84. The maximum Gasteiger partial charge on any atom is 0.407 e. The molecule has 0 fully saturated rings. The molecule has 0 bridgehead atoms. The lowest BCUT2D eigenvalue weighted by molar-refractivity contribution is -0.158. The van der Waals surface area contributed by atoms with Crippen molar-refractivity contribution in [2.24, 2.45) is 5.73 Å². The van der Waals surface area contributed by atoms with E-state index in [1.165, 1.54) is 12.1 Å². The predicted octanol–water partition coefficient (Wildman–Crippen LogP) is 3.59. The highest BCUT2D eigenvalue weighted by molar-refractivity contribution is 7.85. The van der Waals surface area contributed by atoms with Crippen molar-refractivity contribution in [1.29, 1.82) is 0 Å². The van der Waals surface area contributed by atoms with Gasteiger partial charge < -0.3 is 19.5 Å². The fraction of sp³-hybridized carbons (Fsp3) is 0.259. The zero-order valence-electron chi connectivity index (χ0n) is 21.0. The summed E-state index contributed by atoms with van der Waals surface area (Å²) in [6.45, 7) is 2.75. The molecule has 3 rings (SSSR count). The normalized spacial score (nSPS) is 11.4. The number of hydrogen-bond acceptors (Lipinski definition) is 8. The molecule has 0 spiro atoms. The Labute approximate surface area is 222 Å². The molecule has 11 heteroatoms. The Bertz CT molecular complexity index is 1220. The Balaban J connectivity index is 0.000000384. The summed E-state index contributed by atoms with van der Waals surface area (Å²) in [5, 5.41) is 2.60. The Morgan fingerprint density at radius 1 is 0.868 bits per heavy atom. The van der Waals surface area contributed by atoms with Gasteiger partial charge in [-0.1, -0.05) is 78.4 Å². The van der Waals surface area contributed by atoms with Gasteiger partial charge in [-0.2, -0.15) is 8.42 Å². The molecular weight excluding hydrogens is 512 g/mol. The van der Waals surface area contributed by atoms with Crippen molar-refractivity contribution in [2.45, 2.75) is 37.7 Å². The lowest BCUT2D eigenvalue weighted by atomic mass is 10.2. The number of rotatable bonds is 11. The van der Waals surface area contributed by atoms with E-state index >= 15 is 0 Å². The molecule has 0 heterocycles. The molecule has 3 aromatic carbocycles. The largest absolute Gasteiger partial charge is 0.458 e. The first-order chi connectivity index (χ1) is 18.1. The molecule has 0 unspecified atom stereocenters. The number of esters is 1. The lowest BCUT2D eigenvalue weighted by Gasteiger charge is -2.13. The van der Waals surface area contributed by atoms with Crippen molar-refractivity contribution < 1.29 is 36.8 Å². The molecule has 0 radical (unpaired) electrons. The number of ether oxygens (including phenoxy) is 3. The Kier molecular flexibility index (Phi) is 12.9. The fourth-order valence-corrected chi connectivity index (χ4v) is 3.32. The molecule has 3 aromatic rings. The Morgan fingerprint density at radius 3 is 1.92 bits per heavy atom. The number of benzene rings is 3. The molecule has 1 atom stereocenters. The first-order valence-electron chi connectivity index (χ1n) is 11.7. The molecule has 38 heavy (non-hydrogen) atoms. The van der Waals surface area contributed by atoms with Gasteiger partial charge in [-0.05, 0) is 36.6 Å². The van der Waals surface area contributed by atoms with Crippen molar-refractivity contribution in [1.82, 2.24) is 5.32 Å². The van der Waals surface area contributed by atoms with Crippen LogP contribution in [0.25, 0.3) is 0 Å². The summed E-state index contributed by atoms with van der Waals surface area (Å²) in [6.07, 6.45) is -1.18. The first-order valence-corrected chi connectivity index (χ1v) is 13.2. The molecule has 1 amide bonds. The van der Waals surface area contributed by atoms with Gasteiger partial charge in [0.25, 0.3) is 10.1 Å². The van der Waals surface area contributed by atoms with Crippen LogP contribution < -0.4 is 11.1 Å². The SMILES string of the molecule is Cc1ccc(S(=O)(=O)O)cc1.N[C@@H](OCCCNC(=O)OCc1ccccc1)C(=O)OCc1ccccc1. The number of nitrogens with one attached hydrogen (secondary N) is 1. The van der Waals surface area contributed by atoms with E-state index in [1.54, 1.807) is 12.1 Å². The van der Waals surface area contributed by atoms with Crippen molar-refractivity contribution in [3.63, 3.8) is 0 Å². The molecule has 0 aliphatic heterocycles. The van der Waals surface area contributed by atoms with Crippen molar-refractivity contribution >= 4 is 22.2 Å². The highest BCUT2D eigenvalue weighted by Gasteiger charge is 2.15. The average Bonchev–Trinajstić information content (AvgIpc) is 2.91.